The smallest absolute Gasteiger partial charge is 0.253 e. The molecule has 1 saturated heterocycles. The van der Waals surface area contributed by atoms with Crippen molar-refractivity contribution in [2.75, 3.05) is 26.7 Å². The summed E-state index contributed by atoms with van der Waals surface area (Å²) in [5.41, 5.74) is 0.362. The molecule has 1 aromatic carbocycles. The molecule has 1 aliphatic rings. The monoisotopic (exact) mass is 330 g/mol. The number of carbonyl (C=O) groups is 1. The second-order valence-electron chi connectivity index (χ2n) is 6.08. The van der Waals surface area contributed by atoms with Gasteiger partial charge in [-0.15, -0.1) is 0 Å². The van der Waals surface area contributed by atoms with Gasteiger partial charge in [-0.25, -0.2) is 8.78 Å². The molecule has 1 amide bonds. The summed E-state index contributed by atoms with van der Waals surface area (Å²) in [6, 6.07) is 3.95. The molecule has 0 aliphatic carbocycles. The predicted molar refractivity (Wildman–Crippen MR) is 83.5 cm³/mol. The van der Waals surface area contributed by atoms with Gasteiger partial charge < -0.3 is 4.90 Å². The lowest BCUT2D eigenvalue weighted by molar-refractivity contribution is 0.0369. The van der Waals surface area contributed by atoms with E-state index in [2.05, 4.69) is 0 Å². The molecule has 1 aromatic rings. The number of benzene rings is 1. The molecule has 0 saturated carbocycles. The second kappa shape index (κ2) is 6.92. The van der Waals surface area contributed by atoms with Crippen LogP contribution in [0.2, 0.25) is 5.02 Å². The molecule has 3 nitrogen and oxygen atoms in total. The molecule has 0 radical (unpaired) electrons. The highest BCUT2D eigenvalue weighted by Gasteiger charge is 2.30. The summed E-state index contributed by atoms with van der Waals surface area (Å²) < 4.78 is 26.0. The number of amides is 1. The minimum absolute atomic E-state index is 0.0185. The molecule has 6 heteroatoms. The minimum Gasteiger partial charge on any atom is -0.339 e. The van der Waals surface area contributed by atoms with Crippen LogP contribution < -0.4 is 0 Å². The van der Waals surface area contributed by atoms with Crippen molar-refractivity contribution in [2.24, 2.45) is 5.92 Å². The Bertz CT molecular complexity index is 549. The molecule has 2 rings (SSSR count). The van der Waals surface area contributed by atoms with Gasteiger partial charge in [-0.1, -0.05) is 18.5 Å². The van der Waals surface area contributed by atoms with Gasteiger partial charge in [0, 0.05) is 38.3 Å². The number of hydrogen-bond donors (Lipinski definition) is 0. The van der Waals surface area contributed by atoms with E-state index in [1.807, 2.05) is 18.7 Å². The van der Waals surface area contributed by atoms with Gasteiger partial charge in [-0.3, -0.25) is 9.69 Å². The Morgan fingerprint density at radius 1 is 1.45 bits per heavy atom. The average Bonchev–Trinajstić information content (AvgIpc) is 2.46. The Hall–Kier alpha value is -1.20. The first-order valence-electron chi connectivity index (χ1n) is 7.38. The van der Waals surface area contributed by atoms with Gasteiger partial charge in [0.25, 0.3) is 5.91 Å². The van der Waals surface area contributed by atoms with Crippen molar-refractivity contribution in [3.63, 3.8) is 0 Å². The first-order chi connectivity index (χ1) is 10.3. The predicted octanol–water partition coefficient (Wildman–Crippen LogP) is 3.23. The first kappa shape index (κ1) is 17.2. The average molecular weight is 331 g/mol. The van der Waals surface area contributed by atoms with E-state index in [-0.39, 0.29) is 22.9 Å². The lowest BCUT2D eigenvalue weighted by Crippen LogP contribution is -2.52. The number of likely N-dealkylation sites (tertiary alicyclic amines) is 1. The lowest BCUT2D eigenvalue weighted by atomic mass is 9.99. The number of nitrogens with zero attached hydrogens (tertiary/aromatic N) is 2. The zero-order valence-corrected chi connectivity index (χ0v) is 13.8. The maximum Gasteiger partial charge on any atom is 0.253 e. The molecular weight excluding hydrogens is 310 g/mol. The van der Waals surface area contributed by atoms with Gasteiger partial charge >= 0.3 is 0 Å². The summed E-state index contributed by atoms with van der Waals surface area (Å²) in [6.45, 7) is 5.70. The molecule has 2 atom stereocenters. The fourth-order valence-corrected chi connectivity index (χ4v) is 2.80. The quantitative estimate of drug-likeness (QED) is 0.827. The van der Waals surface area contributed by atoms with Crippen LogP contribution in [-0.2, 0) is 0 Å². The summed E-state index contributed by atoms with van der Waals surface area (Å²) >= 11 is 5.73. The Balaban J connectivity index is 1.97. The van der Waals surface area contributed by atoms with E-state index < -0.39 is 12.0 Å². The van der Waals surface area contributed by atoms with E-state index in [0.29, 0.717) is 18.7 Å². The highest BCUT2D eigenvalue weighted by atomic mass is 35.5. The summed E-state index contributed by atoms with van der Waals surface area (Å²) in [6.07, 6.45) is -0.719. The SMILES string of the molecule is CC(CN1CC(F)C1)C(C)N(C)C(=O)c1ccc(F)c(Cl)c1. The van der Waals surface area contributed by atoms with Gasteiger partial charge in [0.05, 0.1) is 5.02 Å². The standard InChI is InChI=1S/C16H21ClF2N2O/c1-10(7-21-8-13(18)9-21)11(2)20(3)16(22)12-4-5-15(19)14(17)6-12/h4-6,10-11,13H,7-9H2,1-3H3. The van der Waals surface area contributed by atoms with Crippen LogP contribution in [0.4, 0.5) is 8.78 Å². The van der Waals surface area contributed by atoms with Gasteiger partial charge in [0.2, 0.25) is 0 Å². The molecule has 1 heterocycles. The Morgan fingerprint density at radius 2 is 2.09 bits per heavy atom. The van der Waals surface area contributed by atoms with Crippen molar-refractivity contribution in [1.29, 1.82) is 0 Å². The van der Waals surface area contributed by atoms with Crippen LogP contribution in [0.25, 0.3) is 0 Å². The van der Waals surface area contributed by atoms with E-state index >= 15 is 0 Å². The topological polar surface area (TPSA) is 23.6 Å². The van der Waals surface area contributed by atoms with Crippen LogP contribution in [0.5, 0.6) is 0 Å². The molecule has 0 N–H and O–H groups in total. The largest absolute Gasteiger partial charge is 0.339 e. The zero-order chi connectivity index (χ0) is 16.4. The van der Waals surface area contributed by atoms with Crippen LogP contribution in [-0.4, -0.2) is 54.6 Å². The molecule has 1 aliphatic heterocycles. The maximum absolute atomic E-state index is 13.2. The lowest BCUT2D eigenvalue weighted by Gasteiger charge is -2.39. The molecule has 122 valence electrons. The number of alkyl halides is 1. The van der Waals surface area contributed by atoms with E-state index in [9.17, 15) is 13.6 Å². The van der Waals surface area contributed by atoms with Crippen molar-refractivity contribution in [2.45, 2.75) is 26.1 Å². The third-order valence-electron chi connectivity index (χ3n) is 4.38. The van der Waals surface area contributed by atoms with Gasteiger partial charge in [-0.05, 0) is 31.0 Å². The van der Waals surface area contributed by atoms with Crippen LogP contribution in [0.3, 0.4) is 0 Å². The highest BCUT2D eigenvalue weighted by Crippen LogP contribution is 2.21. The normalized spacial score (nSPS) is 18.6. The van der Waals surface area contributed by atoms with Crippen molar-refractivity contribution >= 4 is 17.5 Å². The number of rotatable bonds is 5. The fourth-order valence-electron chi connectivity index (χ4n) is 2.62. The van der Waals surface area contributed by atoms with Crippen molar-refractivity contribution in [3.8, 4) is 0 Å². The Labute approximate surface area is 134 Å². The molecule has 0 spiro atoms. The van der Waals surface area contributed by atoms with Crippen molar-refractivity contribution < 1.29 is 13.6 Å². The van der Waals surface area contributed by atoms with E-state index in [0.717, 1.165) is 6.54 Å². The molecule has 1 fully saturated rings. The van der Waals surface area contributed by atoms with Crippen molar-refractivity contribution in [3.05, 3.63) is 34.6 Å². The summed E-state index contributed by atoms with van der Waals surface area (Å²) in [5, 5.41) is -0.0606. The van der Waals surface area contributed by atoms with Crippen LogP contribution in [0.1, 0.15) is 24.2 Å². The van der Waals surface area contributed by atoms with E-state index in [1.165, 1.54) is 18.2 Å². The molecular formula is C16H21ClF2N2O. The number of carbonyl (C=O) groups excluding carboxylic acids is 1. The highest BCUT2D eigenvalue weighted by molar-refractivity contribution is 6.31. The van der Waals surface area contributed by atoms with E-state index in [4.69, 9.17) is 11.6 Å². The first-order valence-corrected chi connectivity index (χ1v) is 7.76. The fraction of sp³-hybridized carbons (Fsp3) is 0.562. The van der Waals surface area contributed by atoms with Crippen LogP contribution in [0.15, 0.2) is 18.2 Å². The second-order valence-corrected chi connectivity index (χ2v) is 6.49. The van der Waals surface area contributed by atoms with Crippen LogP contribution in [0, 0.1) is 11.7 Å². The Kier molecular flexibility index (Phi) is 5.40. The summed E-state index contributed by atoms with van der Waals surface area (Å²) in [5.74, 6) is -0.536. The molecule has 22 heavy (non-hydrogen) atoms. The van der Waals surface area contributed by atoms with E-state index in [1.54, 1.807) is 11.9 Å². The summed E-state index contributed by atoms with van der Waals surface area (Å²) in [4.78, 5) is 16.1. The number of hydrogen-bond acceptors (Lipinski definition) is 2. The van der Waals surface area contributed by atoms with Crippen LogP contribution >= 0.6 is 11.6 Å². The summed E-state index contributed by atoms with van der Waals surface area (Å²) in [7, 11) is 1.72. The zero-order valence-electron chi connectivity index (χ0n) is 13.0. The van der Waals surface area contributed by atoms with Crippen molar-refractivity contribution in [1.82, 2.24) is 9.80 Å². The third kappa shape index (κ3) is 3.76. The van der Waals surface area contributed by atoms with Gasteiger partial charge in [0.15, 0.2) is 0 Å². The minimum atomic E-state index is -0.719. The third-order valence-corrected chi connectivity index (χ3v) is 4.67. The number of halogens is 3. The molecule has 2 unspecified atom stereocenters. The maximum atomic E-state index is 13.2. The molecule has 0 bridgehead atoms. The molecule has 0 aromatic heterocycles. The Morgan fingerprint density at radius 3 is 2.64 bits per heavy atom. The van der Waals surface area contributed by atoms with Gasteiger partial charge in [-0.2, -0.15) is 0 Å². The van der Waals surface area contributed by atoms with Gasteiger partial charge in [0.1, 0.15) is 12.0 Å².